The van der Waals surface area contributed by atoms with Crippen LogP contribution in [0.3, 0.4) is 0 Å². The molecular formula is C11H19N3O2. The highest BCUT2D eigenvalue weighted by Gasteiger charge is 1.98. The third kappa shape index (κ3) is 4.44. The maximum atomic E-state index is 11.3. The minimum absolute atomic E-state index is 0.151. The van der Waals surface area contributed by atoms with Crippen molar-refractivity contribution in [2.24, 2.45) is 5.92 Å². The predicted molar refractivity (Wildman–Crippen MR) is 63.2 cm³/mol. The maximum Gasteiger partial charge on any atom is 0.266 e. The molecule has 1 aromatic heterocycles. The van der Waals surface area contributed by atoms with E-state index >= 15 is 0 Å². The molecule has 0 unspecified atom stereocenters. The first-order valence-electron chi connectivity index (χ1n) is 5.51. The molecular weight excluding hydrogens is 206 g/mol. The fourth-order valence-corrected chi connectivity index (χ4v) is 1.20. The summed E-state index contributed by atoms with van der Waals surface area (Å²) in [5, 5.41) is 3.91. The molecule has 0 aliphatic rings. The molecule has 5 nitrogen and oxygen atoms in total. The monoisotopic (exact) mass is 225 g/mol. The van der Waals surface area contributed by atoms with Gasteiger partial charge in [-0.2, -0.15) is 5.10 Å². The van der Waals surface area contributed by atoms with E-state index in [0.717, 1.165) is 6.42 Å². The molecule has 0 fully saturated rings. The van der Waals surface area contributed by atoms with E-state index in [1.807, 2.05) is 0 Å². The standard InChI is InChI=1S/C11H19N3O2/c1-9(2)5-7-16-8-6-14-11(15)4-3-10(12)13-14/h3-4,9H,5-8H2,1-2H3,(H2,12,13). The minimum atomic E-state index is -0.151. The first-order chi connectivity index (χ1) is 7.59. The van der Waals surface area contributed by atoms with Gasteiger partial charge in [-0.25, -0.2) is 4.68 Å². The van der Waals surface area contributed by atoms with Crippen LogP contribution in [0.2, 0.25) is 0 Å². The van der Waals surface area contributed by atoms with E-state index in [4.69, 9.17) is 10.5 Å². The molecule has 0 saturated carbocycles. The maximum absolute atomic E-state index is 11.3. The number of rotatable bonds is 6. The van der Waals surface area contributed by atoms with E-state index in [0.29, 0.717) is 31.5 Å². The number of aromatic nitrogens is 2. The highest BCUT2D eigenvalue weighted by atomic mass is 16.5. The van der Waals surface area contributed by atoms with Crippen molar-refractivity contribution in [1.82, 2.24) is 9.78 Å². The summed E-state index contributed by atoms with van der Waals surface area (Å²) in [7, 11) is 0. The highest BCUT2D eigenvalue weighted by molar-refractivity contribution is 5.23. The van der Waals surface area contributed by atoms with Crippen LogP contribution < -0.4 is 11.3 Å². The van der Waals surface area contributed by atoms with Crippen LogP contribution >= 0.6 is 0 Å². The lowest BCUT2D eigenvalue weighted by Crippen LogP contribution is -2.25. The van der Waals surface area contributed by atoms with Gasteiger partial charge in [-0.3, -0.25) is 4.79 Å². The van der Waals surface area contributed by atoms with Gasteiger partial charge in [-0.1, -0.05) is 13.8 Å². The smallest absolute Gasteiger partial charge is 0.266 e. The topological polar surface area (TPSA) is 70.1 Å². The number of hydrogen-bond acceptors (Lipinski definition) is 4. The number of ether oxygens (including phenoxy) is 1. The zero-order valence-corrected chi connectivity index (χ0v) is 9.85. The van der Waals surface area contributed by atoms with Crippen LogP contribution in [0.25, 0.3) is 0 Å². The van der Waals surface area contributed by atoms with Gasteiger partial charge in [0.2, 0.25) is 0 Å². The highest BCUT2D eigenvalue weighted by Crippen LogP contribution is 1.98. The Morgan fingerprint density at radius 1 is 1.44 bits per heavy atom. The van der Waals surface area contributed by atoms with Gasteiger partial charge in [0.1, 0.15) is 5.82 Å². The zero-order valence-electron chi connectivity index (χ0n) is 9.85. The number of nitrogens with two attached hydrogens (primary N) is 1. The van der Waals surface area contributed by atoms with Crippen LogP contribution in [0.1, 0.15) is 20.3 Å². The second-order valence-corrected chi connectivity index (χ2v) is 4.11. The second-order valence-electron chi connectivity index (χ2n) is 4.11. The summed E-state index contributed by atoms with van der Waals surface area (Å²) in [5.41, 5.74) is 5.33. The predicted octanol–water partition coefficient (Wildman–Crippen LogP) is 0.888. The van der Waals surface area contributed by atoms with Gasteiger partial charge >= 0.3 is 0 Å². The molecule has 16 heavy (non-hydrogen) atoms. The molecule has 0 aliphatic carbocycles. The average Bonchev–Trinajstić information content (AvgIpc) is 2.22. The Morgan fingerprint density at radius 3 is 2.88 bits per heavy atom. The molecule has 0 amide bonds. The van der Waals surface area contributed by atoms with Crippen LogP contribution in [-0.4, -0.2) is 23.0 Å². The number of nitrogens with zero attached hydrogens (tertiary/aromatic N) is 2. The molecule has 0 bridgehead atoms. The van der Waals surface area contributed by atoms with Crippen molar-refractivity contribution in [3.05, 3.63) is 22.5 Å². The van der Waals surface area contributed by atoms with Gasteiger partial charge in [0.05, 0.1) is 13.2 Å². The van der Waals surface area contributed by atoms with Crippen LogP contribution in [0, 0.1) is 5.92 Å². The lowest BCUT2D eigenvalue weighted by molar-refractivity contribution is 0.113. The van der Waals surface area contributed by atoms with Crippen molar-refractivity contribution in [1.29, 1.82) is 0 Å². The number of anilines is 1. The molecule has 2 N–H and O–H groups in total. The van der Waals surface area contributed by atoms with E-state index in [1.54, 1.807) is 0 Å². The summed E-state index contributed by atoms with van der Waals surface area (Å²) in [6.45, 7) is 5.94. The SMILES string of the molecule is CC(C)CCOCCn1nc(N)ccc1=O. The Hall–Kier alpha value is -1.36. The second kappa shape index (κ2) is 6.27. The summed E-state index contributed by atoms with van der Waals surface area (Å²) in [6, 6.07) is 2.91. The fraction of sp³-hybridized carbons (Fsp3) is 0.636. The van der Waals surface area contributed by atoms with Crippen molar-refractivity contribution < 1.29 is 4.74 Å². The molecule has 0 aliphatic heterocycles. The Labute approximate surface area is 95.2 Å². The fourth-order valence-electron chi connectivity index (χ4n) is 1.20. The van der Waals surface area contributed by atoms with E-state index in [2.05, 4.69) is 18.9 Å². The van der Waals surface area contributed by atoms with E-state index in [9.17, 15) is 4.79 Å². The third-order valence-electron chi connectivity index (χ3n) is 2.17. The Kier molecular flexibility index (Phi) is 4.98. The molecule has 0 aromatic carbocycles. The molecule has 0 spiro atoms. The zero-order chi connectivity index (χ0) is 12.0. The molecule has 0 radical (unpaired) electrons. The first kappa shape index (κ1) is 12.7. The molecule has 90 valence electrons. The summed E-state index contributed by atoms with van der Waals surface area (Å²) in [5.74, 6) is 0.981. The lowest BCUT2D eigenvalue weighted by atomic mass is 10.1. The van der Waals surface area contributed by atoms with Crippen LogP contribution in [0.5, 0.6) is 0 Å². The average molecular weight is 225 g/mol. The van der Waals surface area contributed by atoms with Crippen LogP contribution in [0.15, 0.2) is 16.9 Å². The summed E-state index contributed by atoms with van der Waals surface area (Å²) in [6.07, 6.45) is 1.03. The quantitative estimate of drug-likeness (QED) is 0.730. The summed E-state index contributed by atoms with van der Waals surface area (Å²) < 4.78 is 6.73. The van der Waals surface area contributed by atoms with Gasteiger partial charge < -0.3 is 10.5 Å². The van der Waals surface area contributed by atoms with Gasteiger partial charge in [0.25, 0.3) is 5.56 Å². The van der Waals surface area contributed by atoms with Crippen molar-refractivity contribution >= 4 is 5.82 Å². The van der Waals surface area contributed by atoms with Crippen molar-refractivity contribution in [2.45, 2.75) is 26.8 Å². The van der Waals surface area contributed by atoms with E-state index in [1.165, 1.54) is 16.8 Å². The largest absolute Gasteiger partial charge is 0.382 e. The van der Waals surface area contributed by atoms with Gasteiger partial charge in [0.15, 0.2) is 0 Å². The van der Waals surface area contributed by atoms with Crippen molar-refractivity contribution in [2.75, 3.05) is 18.9 Å². The number of nitrogen functional groups attached to an aromatic ring is 1. The lowest BCUT2D eigenvalue weighted by Gasteiger charge is -2.07. The van der Waals surface area contributed by atoms with Gasteiger partial charge in [0, 0.05) is 12.7 Å². The van der Waals surface area contributed by atoms with Gasteiger partial charge in [-0.05, 0) is 18.4 Å². The Bertz CT molecular complexity index is 374. The first-order valence-corrected chi connectivity index (χ1v) is 5.51. The van der Waals surface area contributed by atoms with E-state index in [-0.39, 0.29) is 5.56 Å². The molecule has 0 atom stereocenters. The third-order valence-corrected chi connectivity index (χ3v) is 2.17. The molecule has 1 aromatic rings. The molecule has 1 heterocycles. The summed E-state index contributed by atoms with van der Waals surface area (Å²) in [4.78, 5) is 11.3. The molecule has 1 rings (SSSR count). The summed E-state index contributed by atoms with van der Waals surface area (Å²) >= 11 is 0. The van der Waals surface area contributed by atoms with E-state index < -0.39 is 0 Å². The van der Waals surface area contributed by atoms with Crippen molar-refractivity contribution in [3.63, 3.8) is 0 Å². The minimum Gasteiger partial charge on any atom is -0.382 e. The molecule has 0 saturated heterocycles. The Balaban J connectivity index is 2.32. The van der Waals surface area contributed by atoms with Crippen LogP contribution in [0.4, 0.5) is 5.82 Å². The number of hydrogen-bond donors (Lipinski definition) is 1. The van der Waals surface area contributed by atoms with Crippen molar-refractivity contribution in [3.8, 4) is 0 Å². The normalized spacial score (nSPS) is 10.9. The molecule has 5 heteroatoms. The van der Waals surface area contributed by atoms with Gasteiger partial charge in [-0.15, -0.1) is 0 Å². The Morgan fingerprint density at radius 2 is 2.19 bits per heavy atom. The van der Waals surface area contributed by atoms with Crippen LogP contribution in [-0.2, 0) is 11.3 Å².